The lowest BCUT2D eigenvalue weighted by molar-refractivity contribution is -0.139. The zero-order chi connectivity index (χ0) is 28.4. The molecule has 4 aromatic rings. The number of rotatable bonds is 7. The molecule has 0 radical (unpaired) electrons. The number of nitrogens with zero attached hydrogens (tertiary/aromatic N) is 2. The Balaban J connectivity index is 1.57. The molecule has 5 rings (SSSR count). The third-order valence-corrected chi connectivity index (χ3v) is 7.45. The van der Waals surface area contributed by atoms with E-state index in [2.05, 4.69) is 4.99 Å². The van der Waals surface area contributed by atoms with Crippen molar-refractivity contribution in [1.29, 1.82) is 0 Å². The summed E-state index contributed by atoms with van der Waals surface area (Å²) in [5.74, 6) is 0.111. The number of carbonyl (C=O) groups is 2. The second-order valence-corrected chi connectivity index (χ2v) is 10.2. The third-order valence-electron chi connectivity index (χ3n) is 6.47. The number of fused-ring (bicyclic) bond motifs is 1. The van der Waals surface area contributed by atoms with E-state index in [-0.39, 0.29) is 18.8 Å². The molecule has 0 spiro atoms. The van der Waals surface area contributed by atoms with Gasteiger partial charge in [0.2, 0.25) is 0 Å². The molecule has 2 aromatic heterocycles. The lowest BCUT2D eigenvalue weighted by atomic mass is 9.95. The summed E-state index contributed by atoms with van der Waals surface area (Å²) < 4.78 is 18.4. The summed E-state index contributed by atoms with van der Waals surface area (Å²) in [5.41, 5.74) is 3.56. The molecule has 204 valence electrons. The van der Waals surface area contributed by atoms with Crippen LogP contribution in [-0.4, -0.2) is 29.7 Å². The number of hydrogen-bond acceptors (Lipinski definition) is 8. The molecule has 0 aliphatic carbocycles. The molecule has 0 unspecified atom stereocenters. The van der Waals surface area contributed by atoms with Gasteiger partial charge in [0.1, 0.15) is 11.5 Å². The quantitative estimate of drug-likeness (QED) is 0.310. The molecule has 0 amide bonds. The predicted molar refractivity (Wildman–Crippen MR) is 152 cm³/mol. The van der Waals surface area contributed by atoms with Gasteiger partial charge in [-0.05, 0) is 57.5 Å². The molecular weight excluding hydrogens is 528 g/mol. The van der Waals surface area contributed by atoms with Crippen molar-refractivity contribution in [3.8, 4) is 11.3 Å². The number of hydrogen-bond donors (Lipinski definition) is 0. The minimum atomic E-state index is -0.671. The van der Waals surface area contributed by atoms with Crippen LogP contribution in [0.1, 0.15) is 54.1 Å². The SMILES string of the molecule is CCOC(=O)C1=C(C)N=c2s/c(=C\c3ccc(-c4cccc(C(=O)OCC)c4)o3)c(=O)n2[C@@H]1c1ccc(C)cc1. The number of thiazole rings is 1. The van der Waals surface area contributed by atoms with Crippen molar-refractivity contribution in [2.75, 3.05) is 13.2 Å². The van der Waals surface area contributed by atoms with Crippen LogP contribution in [-0.2, 0) is 14.3 Å². The first-order valence-corrected chi connectivity index (χ1v) is 13.8. The highest BCUT2D eigenvalue weighted by Crippen LogP contribution is 2.31. The molecule has 9 heteroatoms. The number of aryl methyl sites for hydroxylation is 1. The maximum atomic E-state index is 13.8. The number of ether oxygens (including phenoxy) is 2. The molecule has 40 heavy (non-hydrogen) atoms. The predicted octanol–water partition coefficient (Wildman–Crippen LogP) is 4.54. The van der Waals surface area contributed by atoms with Gasteiger partial charge >= 0.3 is 11.9 Å². The summed E-state index contributed by atoms with van der Waals surface area (Å²) in [7, 11) is 0. The van der Waals surface area contributed by atoms with E-state index in [0.717, 1.165) is 11.1 Å². The van der Waals surface area contributed by atoms with Crippen LogP contribution in [0.3, 0.4) is 0 Å². The van der Waals surface area contributed by atoms with Crippen LogP contribution in [0.2, 0.25) is 0 Å². The van der Waals surface area contributed by atoms with Gasteiger partial charge in [-0.2, -0.15) is 0 Å². The van der Waals surface area contributed by atoms with Gasteiger partial charge in [-0.3, -0.25) is 9.36 Å². The topological polar surface area (TPSA) is 100 Å². The molecule has 3 heterocycles. The van der Waals surface area contributed by atoms with Crippen molar-refractivity contribution in [3.05, 3.63) is 114 Å². The van der Waals surface area contributed by atoms with E-state index in [1.807, 2.05) is 37.3 Å². The number of benzene rings is 2. The van der Waals surface area contributed by atoms with Crippen molar-refractivity contribution in [1.82, 2.24) is 4.57 Å². The number of carbonyl (C=O) groups excluding carboxylic acids is 2. The van der Waals surface area contributed by atoms with E-state index in [0.29, 0.717) is 43.3 Å². The summed E-state index contributed by atoms with van der Waals surface area (Å²) in [4.78, 5) is 44.0. The molecular formula is C31H28N2O6S. The van der Waals surface area contributed by atoms with Crippen molar-refractivity contribution >= 4 is 29.4 Å². The summed E-state index contributed by atoms with van der Waals surface area (Å²) in [5, 5.41) is 0. The molecule has 0 saturated heterocycles. The maximum Gasteiger partial charge on any atom is 0.338 e. The first kappa shape index (κ1) is 27.1. The van der Waals surface area contributed by atoms with Crippen LogP contribution in [0, 0.1) is 6.92 Å². The fourth-order valence-electron chi connectivity index (χ4n) is 4.58. The van der Waals surface area contributed by atoms with E-state index in [1.165, 1.54) is 11.3 Å². The van der Waals surface area contributed by atoms with Crippen LogP contribution < -0.4 is 14.9 Å². The summed E-state index contributed by atoms with van der Waals surface area (Å²) in [6.07, 6.45) is 1.66. The average molecular weight is 557 g/mol. The van der Waals surface area contributed by atoms with Gasteiger partial charge in [0.05, 0.1) is 40.6 Å². The lowest BCUT2D eigenvalue weighted by Gasteiger charge is -2.24. The van der Waals surface area contributed by atoms with E-state index < -0.39 is 18.0 Å². The number of furan rings is 1. The Bertz CT molecular complexity index is 1810. The van der Waals surface area contributed by atoms with Crippen LogP contribution in [0.4, 0.5) is 0 Å². The van der Waals surface area contributed by atoms with Crippen LogP contribution in [0.15, 0.2) is 86.1 Å². The average Bonchev–Trinajstić information content (AvgIpc) is 3.53. The van der Waals surface area contributed by atoms with Gasteiger partial charge < -0.3 is 13.9 Å². The van der Waals surface area contributed by atoms with E-state index >= 15 is 0 Å². The lowest BCUT2D eigenvalue weighted by Crippen LogP contribution is -2.39. The highest BCUT2D eigenvalue weighted by molar-refractivity contribution is 7.07. The summed E-state index contributed by atoms with van der Waals surface area (Å²) in [6, 6.07) is 17.6. The first-order chi connectivity index (χ1) is 19.3. The first-order valence-electron chi connectivity index (χ1n) is 12.9. The van der Waals surface area contributed by atoms with Gasteiger partial charge in [-0.1, -0.05) is 53.3 Å². The molecule has 0 saturated carbocycles. The van der Waals surface area contributed by atoms with Gasteiger partial charge in [-0.15, -0.1) is 0 Å². The van der Waals surface area contributed by atoms with Crippen molar-refractivity contribution < 1.29 is 23.5 Å². The minimum Gasteiger partial charge on any atom is -0.463 e. The number of aromatic nitrogens is 1. The van der Waals surface area contributed by atoms with Crippen molar-refractivity contribution in [2.45, 2.75) is 33.7 Å². The standard InChI is InChI=1S/C31H28N2O6S/c1-5-37-29(35)22-9-7-8-21(16-22)24-15-14-23(39-24)17-25-28(34)33-27(20-12-10-18(3)11-13-20)26(30(36)38-6-2)19(4)32-31(33)40-25/h7-17,27H,5-6H2,1-4H3/b25-17-/t27-/m1/s1. The number of esters is 2. The zero-order valence-corrected chi connectivity index (χ0v) is 23.4. The summed E-state index contributed by atoms with van der Waals surface area (Å²) in [6.45, 7) is 7.74. The molecule has 8 nitrogen and oxygen atoms in total. The Hall–Kier alpha value is -4.50. The second kappa shape index (κ2) is 11.3. The largest absolute Gasteiger partial charge is 0.463 e. The minimum absolute atomic E-state index is 0.212. The monoisotopic (exact) mass is 556 g/mol. The Morgan fingerprint density at radius 3 is 2.45 bits per heavy atom. The van der Waals surface area contributed by atoms with Crippen LogP contribution in [0.25, 0.3) is 17.4 Å². The Kier molecular flexibility index (Phi) is 7.66. The highest BCUT2D eigenvalue weighted by Gasteiger charge is 2.33. The smallest absolute Gasteiger partial charge is 0.338 e. The molecule has 0 N–H and O–H groups in total. The van der Waals surface area contributed by atoms with Gasteiger partial charge in [-0.25, -0.2) is 14.6 Å². The Morgan fingerprint density at radius 2 is 1.73 bits per heavy atom. The van der Waals surface area contributed by atoms with Gasteiger partial charge in [0.25, 0.3) is 5.56 Å². The van der Waals surface area contributed by atoms with Gasteiger partial charge in [0, 0.05) is 11.6 Å². The molecule has 1 atom stereocenters. The molecule has 1 aliphatic heterocycles. The fraction of sp³-hybridized carbons (Fsp3) is 0.226. The zero-order valence-electron chi connectivity index (χ0n) is 22.6. The van der Waals surface area contributed by atoms with Gasteiger partial charge in [0.15, 0.2) is 4.80 Å². The second-order valence-electron chi connectivity index (χ2n) is 9.22. The van der Waals surface area contributed by atoms with E-state index in [9.17, 15) is 14.4 Å². The number of allylic oxidation sites excluding steroid dienone is 1. The van der Waals surface area contributed by atoms with E-state index in [1.54, 1.807) is 61.7 Å². The highest BCUT2D eigenvalue weighted by atomic mass is 32.1. The normalized spacial score (nSPS) is 15.0. The maximum absolute atomic E-state index is 13.8. The fourth-order valence-corrected chi connectivity index (χ4v) is 5.61. The molecule has 0 bridgehead atoms. The third kappa shape index (κ3) is 5.20. The Morgan fingerprint density at radius 1 is 1.00 bits per heavy atom. The van der Waals surface area contributed by atoms with E-state index in [4.69, 9.17) is 13.9 Å². The van der Waals surface area contributed by atoms with Crippen molar-refractivity contribution in [3.63, 3.8) is 0 Å². The van der Waals surface area contributed by atoms with Crippen molar-refractivity contribution in [2.24, 2.45) is 4.99 Å². The molecule has 2 aromatic carbocycles. The molecule has 1 aliphatic rings. The Labute approximate surface area is 234 Å². The van der Waals surface area contributed by atoms with Crippen LogP contribution >= 0.6 is 11.3 Å². The summed E-state index contributed by atoms with van der Waals surface area (Å²) >= 11 is 1.23. The van der Waals surface area contributed by atoms with Crippen LogP contribution in [0.5, 0.6) is 0 Å². The molecule has 0 fully saturated rings.